The second-order valence-electron chi connectivity index (χ2n) is 7.73. The number of carbonyl (C=O) groups excluding carboxylic acids is 1. The molecule has 2 saturated heterocycles. The Kier molecular flexibility index (Phi) is 5.60. The number of carbonyl (C=O) groups is 1. The molecule has 0 bridgehead atoms. The molecule has 0 unspecified atom stereocenters. The van der Waals surface area contributed by atoms with Gasteiger partial charge in [0.1, 0.15) is 5.76 Å². The first kappa shape index (κ1) is 18.3. The minimum Gasteiger partial charge on any atom is -0.464 e. The highest BCUT2D eigenvalue weighted by Crippen LogP contribution is 2.25. The van der Waals surface area contributed by atoms with E-state index in [1.165, 1.54) is 5.56 Å². The number of nitrogens with zero attached hydrogens (tertiary/aromatic N) is 3. The fourth-order valence-corrected chi connectivity index (χ4v) is 4.35. The fourth-order valence-electron chi connectivity index (χ4n) is 4.35. The highest BCUT2D eigenvalue weighted by atomic mass is 16.3. The summed E-state index contributed by atoms with van der Waals surface area (Å²) < 4.78 is 5.61. The molecule has 3 heterocycles. The predicted molar refractivity (Wildman–Crippen MR) is 106 cm³/mol. The molecular formula is C22H29N3O2. The molecule has 5 nitrogen and oxygen atoms in total. The summed E-state index contributed by atoms with van der Waals surface area (Å²) >= 11 is 0. The zero-order valence-corrected chi connectivity index (χ0v) is 16.1. The maximum absolute atomic E-state index is 12.9. The van der Waals surface area contributed by atoms with Crippen LogP contribution in [0.1, 0.15) is 24.8 Å². The van der Waals surface area contributed by atoms with Gasteiger partial charge in [0.15, 0.2) is 0 Å². The van der Waals surface area contributed by atoms with E-state index in [9.17, 15) is 4.79 Å². The van der Waals surface area contributed by atoms with Crippen LogP contribution in [-0.4, -0.2) is 66.4 Å². The van der Waals surface area contributed by atoms with Gasteiger partial charge in [-0.05, 0) is 50.6 Å². The van der Waals surface area contributed by atoms with Crippen molar-refractivity contribution in [1.29, 1.82) is 0 Å². The number of rotatable bonds is 4. The summed E-state index contributed by atoms with van der Waals surface area (Å²) in [6.45, 7) is 5.58. The first-order chi connectivity index (χ1) is 13.2. The van der Waals surface area contributed by atoms with Crippen LogP contribution in [0.2, 0.25) is 0 Å². The molecule has 144 valence electrons. The first-order valence-corrected chi connectivity index (χ1v) is 10.1. The van der Waals surface area contributed by atoms with Crippen molar-refractivity contribution < 1.29 is 9.21 Å². The van der Waals surface area contributed by atoms with Crippen LogP contribution in [-0.2, 0) is 11.3 Å². The molecule has 5 heteroatoms. The van der Waals surface area contributed by atoms with Crippen LogP contribution in [0.25, 0.3) is 11.3 Å². The van der Waals surface area contributed by atoms with Crippen LogP contribution >= 0.6 is 0 Å². The van der Waals surface area contributed by atoms with Crippen LogP contribution in [0.4, 0.5) is 0 Å². The van der Waals surface area contributed by atoms with Crippen molar-refractivity contribution in [2.45, 2.75) is 31.8 Å². The summed E-state index contributed by atoms with van der Waals surface area (Å²) in [5.41, 5.74) is 2.44. The zero-order valence-electron chi connectivity index (χ0n) is 16.1. The Bertz CT molecular complexity index is 759. The molecule has 2 aliphatic heterocycles. The van der Waals surface area contributed by atoms with Gasteiger partial charge in [-0.3, -0.25) is 14.6 Å². The van der Waals surface area contributed by atoms with Crippen molar-refractivity contribution in [2.75, 3.05) is 39.8 Å². The largest absolute Gasteiger partial charge is 0.464 e. The number of likely N-dealkylation sites (N-methyl/N-ethyl adjacent to an activating group) is 1. The normalized spacial score (nSPS) is 22.1. The summed E-state index contributed by atoms with van der Waals surface area (Å²) in [5, 5.41) is 0. The number of hydrogen-bond donors (Lipinski definition) is 0. The Morgan fingerprint density at radius 1 is 1.04 bits per heavy atom. The number of hydrogen-bond acceptors (Lipinski definition) is 4. The van der Waals surface area contributed by atoms with E-state index in [0.29, 0.717) is 5.91 Å². The van der Waals surface area contributed by atoms with Crippen LogP contribution in [0.5, 0.6) is 0 Å². The second-order valence-corrected chi connectivity index (χ2v) is 7.73. The third-order valence-electron chi connectivity index (χ3n) is 5.90. The zero-order chi connectivity index (χ0) is 18.6. The van der Waals surface area contributed by atoms with Gasteiger partial charge >= 0.3 is 0 Å². The molecular weight excluding hydrogens is 338 g/mol. The number of likely N-dealkylation sites (tertiary alicyclic amines) is 1. The second kappa shape index (κ2) is 8.28. The molecule has 1 aromatic carbocycles. The van der Waals surface area contributed by atoms with E-state index in [1.54, 1.807) is 6.26 Å². The Morgan fingerprint density at radius 3 is 2.70 bits per heavy atom. The maximum Gasteiger partial charge on any atom is 0.239 e. The molecule has 0 aliphatic carbocycles. The molecule has 0 spiro atoms. The minimum atomic E-state index is 0.0937. The lowest BCUT2D eigenvalue weighted by atomic mass is 10.0. The van der Waals surface area contributed by atoms with E-state index in [0.717, 1.165) is 69.9 Å². The molecule has 27 heavy (non-hydrogen) atoms. The molecule has 4 rings (SSSR count). The molecule has 1 amide bonds. The number of furan rings is 1. The van der Waals surface area contributed by atoms with Crippen molar-refractivity contribution in [3.63, 3.8) is 0 Å². The van der Waals surface area contributed by atoms with Crippen molar-refractivity contribution in [1.82, 2.24) is 14.7 Å². The van der Waals surface area contributed by atoms with Crippen LogP contribution in [0.15, 0.2) is 47.1 Å². The van der Waals surface area contributed by atoms with E-state index in [4.69, 9.17) is 4.42 Å². The summed E-state index contributed by atoms with van der Waals surface area (Å²) in [6.07, 6.45) is 4.90. The summed E-state index contributed by atoms with van der Waals surface area (Å²) in [4.78, 5) is 19.7. The highest BCUT2D eigenvalue weighted by Gasteiger charge is 2.32. The van der Waals surface area contributed by atoms with Crippen LogP contribution < -0.4 is 0 Å². The molecule has 2 fully saturated rings. The molecule has 1 aromatic heterocycles. The molecule has 0 radical (unpaired) electrons. The predicted octanol–water partition coefficient (Wildman–Crippen LogP) is 3.08. The summed E-state index contributed by atoms with van der Waals surface area (Å²) in [6, 6.07) is 12.5. The maximum atomic E-state index is 12.9. The Balaban J connectivity index is 1.40. The topological polar surface area (TPSA) is 39.9 Å². The smallest absolute Gasteiger partial charge is 0.239 e. The van der Waals surface area contributed by atoms with Gasteiger partial charge in [0.25, 0.3) is 0 Å². The number of amides is 1. The SMILES string of the molecule is CN1CCC[C@H]1C(=O)N1CCCN(Cc2ccccc2-c2ccco2)CC1. The van der Waals surface area contributed by atoms with Gasteiger partial charge in [-0.2, -0.15) is 0 Å². The Labute approximate surface area is 161 Å². The average Bonchev–Trinajstić information content (AvgIpc) is 3.30. The van der Waals surface area contributed by atoms with Gasteiger partial charge in [0.2, 0.25) is 5.91 Å². The van der Waals surface area contributed by atoms with Crippen LogP contribution in [0, 0.1) is 0 Å². The third-order valence-corrected chi connectivity index (χ3v) is 5.90. The monoisotopic (exact) mass is 367 g/mol. The lowest BCUT2D eigenvalue weighted by Crippen LogP contribution is -2.45. The minimum absolute atomic E-state index is 0.0937. The average molecular weight is 367 g/mol. The fraction of sp³-hybridized carbons (Fsp3) is 0.500. The van der Waals surface area contributed by atoms with E-state index < -0.39 is 0 Å². The number of benzene rings is 1. The lowest BCUT2D eigenvalue weighted by Gasteiger charge is -2.27. The standard InChI is InChI=1S/C22H29N3O2/c1-23-11-4-9-20(23)22(26)25-13-6-12-24(14-15-25)17-18-7-2-3-8-19(18)21-10-5-16-27-21/h2-3,5,7-8,10,16,20H,4,6,9,11-15,17H2,1H3/t20-/m0/s1. The van der Waals surface area contributed by atoms with E-state index in [-0.39, 0.29) is 6.04 Å². The van der Waals surface area contributed by atoms with Crippen molar-refractivity contribution in [2.24, 2.45) is 0 Å². The van der Waals surface area contributed by atoms with E-state index >= 15 is 0 Å². The van der Waals surface area contributed by atoms with Crippen molar-refractivity contribution in [3.8, 4) is 11.3 Å². The van der Waals surface area contributed by atoms with E-state index in [2.05, 4.69) is 46.0 Å². The van der Waals surface area contributed by atoms with Gasteiger partial charge in [0, 0.05) is 38.3 Å². The van der Waals surface area contributed by atoms with Gasteiger partial charge in [-0.25, -0.2) is 0 Å². The quantitative estimate of drug-likeness (QED) is 0.833. The highest BCUT2D eigenvalue weighted by molar-refractivity contribution is 5.82. The third kappa shape index (κ3) is 4.09. The summed E-state index contributed by atoms with van der Waals surface area (Å²) in [5.74, 6) is 1.24. The Hall–Kier alpha value is -2.11. The van der Waals surface area contributed by atoms with Gasteiger partial charge in [0.05, 0.1) is 12.3 Å². The molecule has 2 aromatic rings. The Morgan fingerprint density at radius 2 is 1.93 bits per heavy atom. The molecule has 0 N–H and O–H groups in total. The molecule has 1 atom stereocenters. The van der Waals surface area contributed by atoms with Gasteiger partial charge < -0.3 is 9.32 Å². The molecule has 0 saturated carbocycles. The van der Waals surface area contributed by atoms with Crippen LogP contribution in [0.3, 0.4) is 0 Å². The molecule has 2 aliphatic rings. The van der Waals surface area contributed by atoms with E-state index in [1.807, 2.05) is 12.1 Å². The summed E-state index contributed by atoms with van der Waals surface area (Å²) in [7, 11) is 2.07. The van der Waals surface area contributed by atoms with Gasteiger partial charge in [-0.15, -0.1) is 0 Å². The van der Waals surface area contributed by atoms with Crippen molar-refractivity contribution >= 4 is 5.91 Å². The lowest BCUT2D eigenvalue weighted by molar-refractivity contribution is -0.135. The first-order valence-electron chi connectivity index (χ1n) is 10.1. The van der Waals surface area contributed by atoms with Gasteiger partial charge in [-0.1, -0.05) is 24.3 Å². The van der Waals surface area contributed by atoms with Crippen molar-refractivity contribution in [3.05, 3.63) is 48.2 Å².